The van der Waals surface area contributed by atoms with Gasteiger partial charge in [0.2, 0.25) is 0 Å². The molecule has 1 atom stereocenters. The highest BCUT2D eigenvalue weighted by Gasteiger charge is 2.21. The van der Waals surface area contributed by atoms with Gasteiger partial charge in [0.1, 0.15) is 0 Å². The van der Waals surface area contributed by atoms with Gasteiger partial charge in [-0.2, -0.15) is 0 Å². The molecule has 1 unspecified atom stereocenters. The summed E-state index contributed by atoms with van der Waals surface area (Å²) in [6, 6.07) is 8.38. The van der Waals surface area contributed by atoms with Gasteiger partial charge in [0.25, 0.3) is 0 Å². The van der Waals surface area contributed by atoms with Crippen molar-refractivity contribution >= 4 is 11.6 Å². The van der Waals surface area contributed by atoms with Crippen LogP contribution in [0.5, 0.6) is 0 Å². The standard InChI is InChI=1S/C17H27ClN2O/c18-16-9-5-4-8-15(16)17(19)10-11-20(12-13-21)14-6-2-1-3-7-14/h4-5,8-9,14,17,21H,1-3,6-7,10-13,19H2. The molecule has 0 radical (unpaired) electrons. The van der Waals surface area contributed by atoms with E-state index in [1.807, 2.05) is 24.3 Å². The van der Waals surface area contributed by atoms with Crippen molar-refractivity contribution < 1.29 is 5.11 Å². The first kappa shape index (κ1) is 16.8. The highest BCUT2D eigenvalue weighted by atomic mass is 35.5. The number of rotatable bonds is 7. The molecule has 1 saturated carbocycles. The van der Waals surface area contributed by atoms with Crippen molar-refractivity contribution in [3.63, 3.8) is 0 Å². The van der Waals surface area contributed by atoms with E-state index in [0.717, 1.165) is 30.1 Å². The molecule has 1 aliphatic carbocycles. The monoisotopic (exact) mass is 310 g/mol. The predicted octanol–water partition coefficient (Wildman–Crippen LogP) is 3.36. The molecular formula is C17H27ClN2O. The molecule has 3 nitrogen and oxygen atoms in total. The molecule has 0 aromatic heterocycles. The van der Waals surface area contributed by atoms with Crippen LogP contribution in [0.25, 0.3) is 0 Å². The first-order valence-corrected chi connectivity index (χ1v) is 8.45. The van der Waals surface area contributed by atoms with E-state index in [0.29, 0.717) is 6.04 Å². The Kier molecular flexibility index (Phi) is 6.97. The topological polar surface area (TPSA) is 49.5 Å². The van der Waals surface area contributed by atoms with E-state index in [1.54, 1.807) is 0 Å². The highest BCUT2D eigenvalue weighted by molar-refractivity contribution is 6.31. The summed E-state index contributed by atoms with van der Waals surface area (Å²) in [6.07, 6.45) is 7.35. The third-order valence-electron chi connectivity index (χ3n) is 4.51. The molecule has 4 heteroatoms. The molecular weight excluding hydrogens is 284 g/mol. The minimum Gasteiger partial charge on any atom is -0.395 e. The van der Waals surface area contributed by atoms with Gasteiger partial charge in [0, 0.05) is 30.2 Å². The van der Waals surface area contributed by atoms with Crippen LogP contribution in [0.3, 0.4) is 0 Å². The summed E-state index contributed by atoms with van der Waals surface area (Å²) in [5.41, 5.74) is 7.32. The highest BCUT2D eigenvalue weighted by Crippen LogP contribution is 2.26. The summed E-state index contributed by atoms with van der Waals surface area (Å²) in [6.45, 7) is 1.90. The van der Waals surface area contributed by atoms with Gasteiger partial charge in [-0.15, -0.1) is 0 Å². The second-order valence-electron chi connectivity index (χ2n) is 5.97. The zero-order valence-electron chi connectivity index (χ0n) is 12.7. The molecule has 0 saturated heterocycles. The lowest BCUT2D eigenvalue weighted by molar-refractivity contribution is 0.120. The van der Waals surface area contributed by atoms with Gasteiger partial charge in [-0.3, -0.25) is 4.90 Å². The number of aliphatic hydroxyl groups excluding tert-OH is 1. The maximum absolute atomic E-state index is 9.30. The van der Waals surface area contributed by atoms with Crippen molar-refractivity contribution in [2.24, 2.45) is 5.73 Å². The van der Waals surface area contributed by atoms with E-state index in [9.17, 15) is 5.11 Å². The Balaban J connectivity index is 1.90. The van der Waals surface area contributed by atoms with E-state index in [4.69, 9.17) is 17.3 Å². The Labute approximate surface area is 133 Å². The summed E-state index contributed by atoms with van der Waals surface area (Å²) >= 11 is 6.21. The Morgan fingerprint density at radius 2 is 1.90 bits per heavy atom. The fraction of sp³-hybridized carbons (Fsp3) is 0.647. The molecule has 1 aromatic carbocycles. The Morgan fingerprint density at radius 3 is 2.57 bits per heavy atom. The average molecular weight is 311 g/mol. The number of hydrogen-bond donors (Lipinski definition) is 2. The summed E-state index contributed by atoms with van der Waals surface area (Å²) in [5, 5.41) is 10.0. The lowest BCUT2D eigenvalue weighted by atomic mass is 9.93. The van der Waals surface area contributed by atoms with Gasteiger partial charge in [0.15, 0.2) is 0 Å². The number of nitrogens with two attached hydrogens (primary N) is 1. The first-order valence-electron chi connectivity index (χ1n) is 8.07. The van der Waals surface area contributed by atoms with Crippen molar-refractivity contribution in [2.75, 3.05) is 19.7 Å². The lowest BCUT2D eigenvalue weighted by Gasteiger charge is -2.34. The molecule has 0 bridgehead atoms. The largest absolute Gasteiger partial charge is 0.395 e. The maximum atomic E-state index is 9.30. The number of aliphatic hydroxyl groups is 1. The molecule has 3 N–H and O–H groups in total. The van der Waals surface area contributed by atoms with Crippen LogP contribution in [-0.4, -0.2) is 35.7 Å². The van der Waals surface area contributed by atoms with Crippen LogP contribution in [0.2, 0.25) is 5.02 Å². The number of hydrogen-bond acceptors (Lipinski definition) is 3. The second-order valence-corrected chi connectivity index (χ2v) is 6.38. The van der Waals surface area contributed by atoms with E-state index in [2.05, 4.69) is 4.90 Å². The van der Waals surface area contributed by atoms with E-state index >= 15 is 0 Å². The molecule has 2 rings (SSSR count). The third-order valence-corrected chi connectivity index (χ3v) is 4.85. The van der Waals surface area contributed by atoms with Crippen LogP contribution in [0.15, 0.2) is 24.3 Å². The van der Waals surface area contributed by atoms with Crippen molar-refractivity contribution in [1.29, 1.82) is 0 Å². The Morgan fingerprint density at radius 1 is 1.19 bits per heavy atom. The minimum absolute atomic E-state index is 0.0384. The summed E-state index contributed by atoms with van der Waals surface area (Å²) in [5.74, 6) is 0. The van der Waals surface area contributed by atoms with Crippen LogP contribution in [0.1, 0.15) is 50.1 Å². The molecule has 0 amide bonds. The molecule has 1 fully saturated rings. The zero-order chi connectivity index (χ0) is 15.1. The summed E-state index contributed by atoms with van der Waals surface area (Å²) in [4.78, 5) is 2.41. The second kappa shape index (κ2) is 8.74. The van der Waals surface area contributed by atoms with Crippen LogP contribution < -0.4 is 5.73 Å². The molecule has 118 valence electrons. The van der Waals surface area contributed by atoms with Crippen molar-refractivity contribution in [3.8, 4) is 0 Å². The summed E-state index contributed by atoms with van der Waals surface area (Å²) < 4.78 is 0. The van der Waals surface area contributed by atoms with Crippen LogP contribution in [0, 0.1) is 0 Å². The molecule has 1 aromatic rings. The van der Waals surface area contributed by atoms with Gasteiger partial charge < -0.3 is 10.8 Å². The predicted molar refractivity (Wildman–Crippen MR) is 88.5 cm³/mol. The third kappa shape index (κ3) is 4.96. The van der Waals surface area contributed by atoms with Gasteiger partial charge in [-0.25, -0.2) is 0 Å². The number of benzene rings is 1. The van der Waals surface area contributed by atoms with Crippen molar-refractivity contribution in [2.45, 2.75) is 50.6 Å². The van der Waals surface area contributed by atoms with Crippen molar-refractivity contribution in [1.82, 2.24) is 4.90 Å². The van der Waals surface area contributed by atoms with Crippen LogP contribution in [-0.2, 0) is 0 Å². The summed E-state index contributed by atoms with van der Waals surface area (Å²) in [7, 11) is 0. The molecule has 0 aliphatic heterocycles. The molecule has 0 heterocycles. The SMILES string of the molecule is NC(CCN(CCO)C1CCCCC1)c1ccccc1Cl. The van der Waals surface area contributed by atoms with E-state index in [1.165, 1.54) is 32.1 Å². The molecule has 0 spiro atoms. The Bertz CT molecular complexity index is 421. The fourth-order valence-electron chi connectivity index (χ4n) is 3.29. The van der Waals surface area contributed by atoms with Crippen LogP contribution in [0.4, 0.5) is 0 Å². The zero-order valence-corrected chi connectivity index (χ0v) is 13.4. The minimum atomic E-state index is -0.0384. The lowest BCUT2D eigenvalue weighted by Crippen LogP contribution is -2.40. The fourth-order valence-corrected chi connectivity index (χ4v) is 3.56. The quantitative estimate of drug-likeness (QED) is 0.812. The number of nitrogens with zero attached hydrogens (tertiary/aromatic N) is 1. The number of halogens is 1. The van der Waals surface area contributed by atoms with Gasteiger partial charge in [-0.1, -0.05) is 49.1 Å². The van der Waals surface area contributed by atoms with Gasteiger partial charge in [-0.05, 0) is 30.9 Å². The van der Waals surface area contributed by atoms with Crippen molar-refractivity contribution in [3.05, 3.63) is 34.9 Å². The maximum Gasteiger partial charge on any atom is 0.0558 e. The molecule has 21 heavy (non-hydrogen) atoms. The van der Waals surface area contributed by atoms with Gasteiger partial charge >= 0.3 is 0 Å². The smallest absolute Gasteiger partial charge is 0.0558 e. The first-order chi connectivity index (χ1) is 10.2. The average Bonchev–Trinajstić information content (AvgIpc) is 2.52. The van der Waals surface area contributed by atoms with E-state index < -0.39 is 0 Å². The Hall–Kier alpha value is -0.610. The van der Waals surface area contributed by atoms with Crippen LogP contribution >= 0.6 is 11.6 Å². The molecule has 1 aliphatic rings. The van der Waals surface area contributed by atoms with E-state index in [-0.39, 0.29) is 12.6 Å². The van der Waals surface area contributed by atoms with Gasteiger partial charge in [0.05, 0.1) is 6.61 Å². The normalized spacial score (nSPS) is 18.1.